The van der Waals surface area contributed by atoms with Crippen molar-refractivity contribution in [2.24, 2.45) is 5.92 Å². The molecule has 2 aliphatic rings. The molecule has 1 unspecified atom stereocenters. The Bertz CT molecular complexity index is 382. The minimum Gasteiger partial charge on any atom is -0.381 e. The molecule has 2 nitrogen and oxygen atoms in total. The van der Waals surface area contributed by atoms with Crippen LogP contribution in [0.4, 0.5) is 5.69 Å². The van der Waals surface area contributed by atoms with Gasteiger partial charge in [0.1, 0.15) is 0 Å². The Morgan fingerprint density at radius 1 is 1.44 bits per heavy atom. The van der Waals surface area contributed by atoms with Crippen LogP contribution in [0.5, 0.6) is 0 Å². The minimum absolute atomic E-state index is 0.591. The van der Waals surface area contributed by atoms with Gasteiger partial charge in [-0.2, -0.15) is 0 Å². The molecule has 1 N–H and O–H groups in total. The van der Waals surface area contributed by atoms with Gasteiger partial charge in [0.2, 0.25) is 0 Å². The van der Waals surface area contributed by atoms with Crippen molar-refractivity contribution >= 4 is 5.69 Å². The lowest BCUT2D eigenvalue weighted by Crippen LogP contribution is -2.16. The van der Waals surface area contributed by atoms with E-state index in [4.69, 9.17) is 0 Å². The predicted molar refractivity (Wildman–Crippen MR) is 66.7 cm³/mol. The summed E-state index contributed by atoms with van der Waals surface area (Å²) >= 11 is 0. The Balaban J connectivity index is 1.64. The topological polar surface area (TPSA) is 24.9 Å². The number of hydrogen-bond acceptors (Lipinski definition) is 2. The van der Waals surface area contributed by atoms with E-state index in [-0.39, 0.29) is 0 Å². The monoisotopic (exact) mass is 216 g/mol. The third-order valence-electron chi connectivity index (χ3n) is 3.72. The molecule has 1 saturated carbocycles. The van der Waals surface area contributed by atoms with Crippen LogP contribution in [0.2, 0.25) is 0 Å². The van der Waals surface area contributed by atoms with Gasteiger partial charge < -0.3 is 5.32 Å². The van der Waals surface area contributed by atoms with Crippen molar-refractivity contribution in [3.8, 4) is 0 Å². The Hall–Kier alpha value is -1.05. The predicted octanol–water partition coefficient (Wildman–Crippen LogP) is 3.17. The average molecular weight is 216 g/mol. The van der Waals surface area contributed by atoms with Gasteiger partial charge in [-0.1, -0.05) is 12.8 Å². The third kappa shape index (κ3) is 2.21. The molecule has 0 saturated heterocycles. The summed E-state index contributed by atoms with van der Waals surface area (Å²) in [6.07, 6.45) is 9.87. The molecular weight excluding hydrogens is 196 g/mol. The fourth-order valence-electron chi connectivity index (χ4n) is 2.70. The molecule has 3 rings (SSSR count). The van der Waals surface area contributed by atoms with Crippen LogP contribution in [-0.4, -0.2) is 11.0 Å². The third-order valence-corrected chi connectivity index (χ3v) is 3.72. The normalized spacial score (nSPS) is 20.6. The average Bonchev–Trinajstić information content (AvgIpc) is 2.95. The largest absolute Gasteiger partial charge is 0.381 e. The highest BCUT2D eigenvalue weighted by molar-refractivity contribution is 5.46. The molecular formula is C14H20N2. The van der Waals surface area contributed by atoms with E-state index in [1.807, 2.05) is 6.20 Å². The molecule has 86 valence electrons. The minimum atomic E-state index is 0.591. The van der Waals surface area contributed by atoms with E-state index >= 15 is 0 Å². The second-order valence-corrected chi connectivity index (χ2v) is 5.41. The van der Waals surface area contributed by atoms with Crippen molar-refractivity contribution in [3.05, 3.63) is 23.5 Å². The molecule has 0 bridgehead atoms. The van der Waals surface area contributed by atoms with Gasteiger partial charge >= 0.3 is 0 Å². The van der Waals surface area contributed by atoms with Gasteiger partial charge in [0.15, 0.2) is 0 Å². The zero-order valence-corrected chi connectivity index (χ0v) is 10.00. The first-order valence-electron chi connectivity index (χ1n) is 6.55. The van der Waals surface area contributed by atoms with Crippen LogP contribution in [-0.2, 0) is 12.8 Å². The van der Waals surface area contributed by atoms with Crippen molar-refractivity contribution in [2.45, 2.75) is 51.5 Å². The molecule has 2 heteroatoms. The highest BCUT2D eigenvalue weighted by atomic mass is 14.9. The summed E-state index contributed by atoms with van der Waals surface area (Å²) in [6.45, 7) is 2.28. The van der Waals surface area contributed by atoms with E-state index in [0.717, 1.165) is 5.92 Å². The zero-order valence-electron chi connectivity index (χ0n) is 10.00. The van der Waals surface area contributed by atoms with Crippen LogP contribution < -0.4 is 5.32 Å². The number of nitrogens with one attached hydrogen (secondary N) is 1. The number of pyridine rings is 1. The number of fused-ring (bicyclic) bond motifs is 1. The van der Waals surface area contributed by atoms with Gasteiger partial charge in [0, 0.05) is 11.7 Å². The van der Waals surface area contributed by atoms with Crippen molar-refractivity contribution in [2.75, 3.05) is 5.32 Å². The maximum Gasteiger partial charge on any atom is 0.0531 e. The van der Waals surface area contributed by atoms with Crippen LogP contribution in [0, 0.1) is 5.92 Å². The number of aromatic nitrogens is 1. The SMILES string of the molecule is CC(CC1CC1)Nc1cnc2c(c1)CCC2. The standard InChI is InChI=1S/C14H20N2/c1-10(7-11-5-6-11)16-13-8-12-3-2-4-14(12)15-9-13/h8-11,16H,2-7H2,1H3. The molecule has 1 fully saturated rings. The van der Waals surface area contributed by atoms with Gasteiger partial charge in [-0.25, -0.2) is 0 Å². The number of anilines is 1. The van der Waals surface area contributed by atoms with E-state index in [1.54, 1.807) is 0 Å². The van der Waals surface area contributed by atoms with Crippen molar-refractivity contribution in [1.82, 2.24) is 4.98 Å². The highest BCUT2D eigenvalue weighted by Crippen LogP contribution is 2.34. The summed E-state index contributed by atoms with van der Waals surface area (Å²) < 4.78 is 0. The van der Waals surface area contributed by atoms with Crippen LogP contribution in [0.15, 0.2) is 12.3 Å². The number of hydrogen-bond donors (Lipinski definition) is 1. The van der Waals surface area contributed by atoms with E-state index in [0.29, 0.717) is 6.04 Å². The number of nitrogens with zero attached hydrogens (tertiary/aromatic N) is 1. The van der Waals surface area contributed by atoms with Crippen molar-refractivity contribution in [3.63, 3.8) is 0 Å². The Kier molecular flexibility index (Phi) is 2.58. The second-order valence-electron chi connectivity index (χ2n) is 5.41. The first-order valence-corrected chi connectivity index (χ1v) is 6.55. The first-order chi connectivity index (χ1) is 7.81. The lowest BCUT2D eigenvalue weighted by atomic mass is 10.1. The van der Waals surface area contributed by atoms with E-state index < -0.39 is 0 Å². The first kappa shape index (κ1) is 10.1. The lowest BCUT2D eigenvalue weighted by Gasteiger charge is -2.15. The molecule has 0 radical (unpaired) electrons. The van der Waals surface area contributed by atoms with Crippen LogP contribution >= 0.6 is 0 Å². The fourth-order valence-corrected chi connectivity index (χ4v) is 2.70. The Labute approximate surface area is 97.5 Å². The molecule has 0 aromatic carbocycles. The Morgan fingerprint density at radius 3 is 3.12 bits per heavy atom. The molecule has 1 aromatic heterocycles. The quantitative estimate of drug-likeness (QED) is 0.836. The molecule has 2 aliphatic carbocycles. The molecule has 16 heavy (non-hydrogen) atoms. The molecule has 0 aliphatic heterocycles. The summed E-state index contributed by atoms with van der Waals surface area (Å²) in [5, 5.41) is 3.58. The molecule has 1 aromatic rings. The van der Waals surface area contributed by atoms with Gasteiger partial charge in [-0.05, 0) is 50.2 Å². The summed E-state index contributed by atoms with van der Waals surface area (Å²) in [7, 11) is 0. The molecule has 0 spiro atoms. The van der Waals surface area contributed by atoms with E-state index in [2.05, 4.69) is 23.3 Å². The van der Waals surface area contributed by atoms with Gasteiger partial charge in [0.05, 0.1) is 11.9 Å². The van der Waals surface area contributed by atoms with Crippen molar-refractivity contribution < 1.29 is 0 Å². The van der Waals surface area contributed by atoms with E-state index in [9.17, 15) is 0 Å². The zero-order chi connectivity index (χ0) is 11.0. The van der Waals surface area contributed by atoms with Crippen LogP contribution in [0.25, 0.3) is 0 Å². The van der Waals surface area contributed by atoms with Gasteiger partial charge in [-0.15, -0.1) is 0 Å². The molecule has 1 heterocycles. The van der Waals surface area contributed by atoms with E-state index in [1.165, 1.54) is 55.5 Å². The molecule has 0 amide bonds. The number of aryl methyl sites for hydroxylation is 2. The summed E-state index contributed by atoms with van der Waals surface area (Å²) in [5.74, 6) is 0.991. The van der Waals surface area contributed by atoms with Crippen molar-refractivity contribution in [1.29, 1.82) is 0 Å². The van der Waals surface area contributed by atoms with Crippen LogP contribution in [0.3, 0.4) is 0 Å². The maximum atomic E-state index is 4.54. The number of rotatable bonds is 4. The van der Waals surface area contributed by atoms with Gasteiger partial charge in [0.25, 0.3) is 0 Å². The summed E-state index contributed by atoms with van der Waals surface area (Å²) in [5.41, 5.74) is 4.00. The van der Waals surface area contributed by atoms with Gasteiger partial charge in [-0.3, -0.25) is 4.98 Å². The highest BCUT2D eigenvalue weighted by Gasteiger charge is 2.23. The smallest absolute Gasteiger partial charge is 0.0531 e. The Morgan fingerprint density at radius 2 is 2.31 bits per heavy atom. The summed E-state index contributed by atoms with van der Waals surface area (Å²) in [4.78, 5) is 4.54. The summed E-state index contributed by atoms with van der Waals surface area (Å²) in [6, 6.07) is 2.90. The van der Waals surface area contributed by atoms with Crippen LogP contribution in [0.1, 0.15) is 43.9 Å². The lowest BCUT2D eigenvalue weighted by molar-refractivity contribution is 0.642. The second kappa shape index (κ2) is 4.08. The maximum absolute atomic E-state index is 4.54. The fraction of sp³-hybridized carbons (Fsp3) is 0.643. The molecule has 1 atom stereocenters.